The van der Waals surface area contributed by atoms with E-state index in [1.165, 1.54) is 0 Å². The minimum atomic E-state index is 0. The van der Waals surface area contributed by atoms with Gasteiger partial charge in [0.2, 0.25) is 0 Å². The van der Waals surface area contributed by atoms with Crippen molar-refractivity contribution in [2.24, 2.45) is 0 Å². The van der Waals surface area contributed by atoms with E-state index in [0.717, 1.165) is 23.5 Å². The van der Waals surface area contributed by atoms with Crippen molar-refractivity contribution in [3.63, 3.8) is 0 Å². The van der Waals surface area contributed by atoms with Crippen LogP contribution in [0.1, 0.15) is 23.7 Å². The first-order valence-corrected chi connectivity index (χ1v) is 4.85. The van der Waals surface area contributed by atoms with E-state index in [4.69, 9.17) is 4.74 Å². The van der Waals surface area contributed by atoms with Crippen molar-refractivity contribution in [3.8, 4) is 5.75 Å². The molecule has 82 valence electrons. The van der Waals surface area contributed by atoms with Gasteiger partial charge in [0.1, 0.15) is 5.75 Å². The third-order valence-corrected chi connectivity index (χ3v) is 2.27. The second-order valence-corrected chi connectivity index (χ2v) is 3.24. The zero-order valence-corrected chi connectivity index (χ0v) is 10.3. The molecule has 15 heavy (non-hydrogen) atoms. The number of carbonyl (C=O) groups excluding carboxylic acids is 1. The van der Waals surface area contributed by atoms with Gasteiger partial charge in [-0.15, -0.1) is 17.0 Å². The van der Waals surface area contributed by atoms with Crippen LogP contribution in [0.15, 0.2) is 18.2 Å². The Labute approximate surface area is 99.6 Å². The van der Waals surface area contributed by atoms with Crippen molar-refractivity contribution in [3.05, 3.63) is 23.8 Å². The minimum absolute atomic E-state index is 0. The number of Topliss-reactive ketones (excluding diaryl/α,β-unsaturated/α-hetero) is 1. The summed E-state index contributed by atoms with van der Waals surface area (Å²) >= 11 is 0. The number of fused-ring (bicyclic) bond motifs is 1. The lowest BCUT2D eigenvalue weighted by Gasteiger charge is -2.17. The highest BCUT2D eigenvalue weighted by molar-refractivity contribution is 8.93. The number of hydrogen-bond acceptors (Lipinski definition) is 3. The molecule has 1 heterocycles. The first kappa shape index (κ1) is 12.0. The molecule has 0 unspecified atom stereocenters. The van der Waals surface area contributed by atoms with E-state index in [9.17, 15) is 4.79 Å². The van der Waals surface area contributed by atoms with Gasteiger partial charge in [0.15, 0.2) is 5.78 Å². The molecule has 2 rings (SSSR count). The lowest BCUT2D eigenvalue weighted by Crippen LogP contribution is -2.17. The minimum Gasteiger partial charge on any atom is -0.494 e. The monoisotopic (exact) mass is 271 g/mol. The average molecular weight is 272 g/mol. The van der Waals surface area contributed by atoms with Gasteiger partial charge in [-0.3, -0.25) is 4.79 Å². The third-order valence-electron chi connectivity index (χ3n) is 2.27. The zero-order chi connectivity index (χ0) is 9.97. The second kappa shape index (κ2) is 5.16. The highest BCUT2D eigenvalue weighted by Crippen LogP contribution is 2.26. The molecule has 1 aliphatic rings. The summed E-state index contributed by atoms with van der Waals surface area (Å²) in [6.07, 6.45) is 0.584. The molecule has 0 atom stereocenters. The summed E-state index contributed by atoms with van der Waals surface area (Å²) in [4.78, 5) is 11.5. The van der Waals surface area contributed by atoms with Gasteiger partial charge in [-0.2, -0.15) is 0 Å². The summed E-state index contributed by atoms with van der Waals surface area (Å²) in [7, 11) is 0. The van der Waals surface area contributed by atoms with Crippen molar-refractivity contribution in [2.75, 3.05) is 18.5 Å². The Morgan fingerprint density at radius 2 is 2.27 bits per heavy atom. The van der Waals surface area contributed by atoms with Crippen LogP contribution in [0.25, 0.3) is 0 Å². The Balaban J connectivity index is 0.00000112. The molecule has 1 N–H and O–H groups in total. The molecule has 1 aromatic rings. The molecule has 0 aromatic heterocycles. The molecule has 0 spiro atoms. The van der Waals surface area contributed by atoms with Crippen LogP contribution in [-0.4, -0.2) is 18.9 Å². The maximum absolute atomic E-state index is 11.5. The molecule has 0 fully saturated rings. The van der Waals surface area contributed by atoms with E-state index in [1.54, 1.807) is 0 Å². The molecular weight excluding hydrogens is 258 g/mol. The summed E-state index contributed by atoms with van der Waals surface area (Å²) in [5, 5.41) is 3.19. The number of carbonyl (C=O) groups is 1. The number of benzene rings is 1. The summed E-state index contributed by atoms with van der Waals surface area (Å²) < 4.78 is 5.36. The Morgan fingerprint density at radius 3 is 3.00 bits per heavy atom. The van der Waals surface area contributed by atoms with Gasteiger partial charge in [-0.05, 0) is 19.1 Å². The van der Waals surface area contributed by atoms with Gasteiger partial charge >= 0.3 is 0 Å². The van der Waals surface area contributed by atoms with Gasteiger partial charge in [-0.25, -0.2) is 0 Å². The normalized spacial score (nSPS) is 13.5. The van der Waals surface area contributed by atoms with Crippen molar-refractivity contribution in [1.82, 2.24) is 0 Å². The molecular formula is C11H14BrNO2. The molecule has 0 amide bonds. The van der Waals surface area contributed by atoms with E-state index >= 15 is 0 Å². The number of hydrogen-bond donors (Lipinski definition) is 1. The summed E-state index contributed by atoms with van der Waals surface area (Å²) in [5.41, 5.74) is 1.67. The van der Waals surface area contributed by atoms with Crippen molar-refractivity contribution >= 4 is 28.5 Å². The maximum atomic E-state index is 11.5. The van der Waals surface area contributed by atoms with Gasteiger partial charge in [0, 0.05) is 30.3 Å². The first-order valence-electron chi connectivity index (χ1n) is 4.85. The fourth-order valence-electron chi connectivity index (χ4n) is 1.61. The quantitative estimate of drug-likeness (QED) is 0.899. The molecule has 0 saturated heterocycles. The Kier molecular flexibility index (Phi) is 4.15. The molecule has 0 radical (unpaired) electrons. The summed E-state index contributed by atoms with van der Waals surface area (Å²) in [5.74, 6) is 1.02. The van der Waals surface area contributed by atoms with Crippen molar-refractivity contribution < 1.29 is 9.53 Å². The van der Waals surface area contributed by atoms with E-state index in [0.29, 0.717) is 13.0 Å². The van der Waals surface area contributed by atoms with E-state index in [1.807, 2.05) is 25.1 Å². The molecule has 0 bridgehead atoms. The van der Waals surface area contributed by atoms with Gasteiger partial charge in [0.05, 0.1) is 6.61 Å². The second-order valence-electron chi connectivity index (χ2n) is 3.24. The third kappa shape index (κ3) is 2.50. The van der Waals surface area contributed by atoms with Crippen LogP contribution in [0.2, 0.25) is 0 Å². The van der Waals surface area contributed by atoms with Crippen LogP contribution >= 0.6 is 17.0 Å². The van der Waals surface area contributed by atoms with Crippen LogP contribution < -0.4 is 10.1 Å². The molecule has 0 aliphatic carbocycles. The number of nitrogens with one attached hydrogen (secondary N) is 1. The fraction of sp³-hybridized carbons (Fsp3) is 0.364. The molecule has 0 saturated carbocycles. The number of halogens is 1. The number of rotatable bonds is 2. The molecule has 1 aliphatic heterocycles. The number of ether oxygens (including phenoxy) is 1. The predicted octanol–water partition coefficient (Wildman–Crippen LogP) is 2.66. The van der Waals surface area contributed by atoms with E-state index in [-0.39, 0.29) is 22.8 Å². The number of anilines is 1. The molecule has 4 heteroatoms. The Hall–Kier alpha value is -1.03. The van der Waals surface area contributed by atoms with Crippen LogP contribution in [0.4, 0.5) is 5.69 Å². The highest BCUT2D eigenvalue weighted by Gasteiger charge is 2.16. The lowest BCUT2D eigenvalue weighted by molar-refractivity contribution is 0.0983. The first-order chi connectivity index (χ1) is 6.81. The SMILES string of the molecule is Br.CCOc1ccc2c(c1)NCCC2=O. The van der Waals surface area contributed by atoms with Gasteiger partial charge in [0.25, 0.3) is 0 Å². The van der Waals surface area contributed by atoms with Crippen LogP contribution in [0.3, 0.4) is 0 Å². The van der Waals surface area contributed by atoms with Crippen molar-refractivity contribution in [1.29, 1.82) is 0 Å². The van der Waals surface area contributed by atoms with Crippen LogP contribution in [-0.2, 0) is 0 Å². The maximum Gasteiger partial charge on any atom is 0.166 e. The van der Waals surface area contributed by atoms with Crippen LogP contribution in [0, 0.1) is 0 Å². The standard InChI is InChI=1S/C11H13NO2.BrH/c1-2-14-8-3-4-9-10(7-8)12-6-5-11(9)13;/h3-4,7,12H,2,5-6H2,1H3;1H. The predicted molar refractivity (Wildman–Crippen MR) is 65.4 cm³/mol. The van der Waals surface area contributed by atoms with E-state index < -0.39 is 0 Å². The summed E-state index contributed by atoms with van der Waals surface area (Å²) in [6, 6.07) is 5.55. The highest BCUT2D eigenvalue weighted by atomic mass is 79.9. The zero-order valence-electron chi connectivity index (χ0n) is 8.58. The fourth-order valence-corrected chi connectivity index (χ4v) is 1.61. The molecule has 3 nitrogen and oxygen atoms in total. The Bertz CT molecular complexity index is 366. The van der Waals surface area contributed by atoms with Gasteiger partial charge < -0.3 is 10.1 Å². The Morgan fingerprint density at radius 1 is 1.47 bits per heavy atom. The van der Waals surface area contributed by atoms with Gasteiger partial charge in [-0.1, -0.05) is 0 Å². The average Bonchev–Trinajstić information content (AvgIpc) is 2.18. The molecule has 1 aromatic carbocycles. The number of ketones is 1. The topological polar surface area (TPSA) is 38.3 Å². The van der Waals surface area contributed by atoms with E-state index in [2.05, 4.69) is 5.32 Å². The summed E-state index contributed by atoms with van der Waals surface area (Å²) in [6.45, 7) is 3.31. The smallest absolute Gasteiger partial charge is 0.166 e. The largest absolute Gasteiger partial charge is 0.494 e. The van der Waals surface area contributed by atoms with Crippen LogP contribution in [0.5, 0.6) is 5.75 Å². The van der Waals surface area contributed by atoms with Crippen molar-refractivity contribution in [2.45, 2.75) is 13.3 Å². The lowest BCUT2D eigenvalue weighted by atomic mass is 10.0.